The fraction of sp³-hybridized carbons (Fsp3) is 0.348. The van der Waals surface area contributed by atoms with Gasteiger partial charge in [-0.2, -0.15) is 0 Å². The number of nitrogens with one attached hydrogen (secondary N) is 1. The van der Waals surface area contributed by atoms with E-state index in [1.165, 1.54) is 0 Å². The van der Waals surface area contributed by atoms with Gasteiger partial charge in [-0.3, -0.25) is 0 Å². The van der Waals surface area contributed by atoms with Gasteiger partial charge in [0.25, 0.3) is 0 Å². The Morgan fingerprint density at radius 3 is 2.40 bits per heavy atom. The van der Waals surface area contributed by atoms with E-state index in [4.69, 9.17) is 9.47 Å². The van der Waals surface area contributed by atoms with Crippen LogP contribution in [-0.2, 0) is 19.3 Å². The van der Waals surface area contributed by atoms with Crippen LogP contribution in [-0.4, -0.2) is 40.5 Å². The van der Waals surface area contributed by atoms with Crippen LogP contribution in [0.4, 0.5) is 5.69 Å². The number of anilines is 1. The zero-order valence-electron chi connectivity index (χ0n) is 16.9. The SMILES string of the molecule is Cc1ccc2[nH+]cc(S(=O)(=O)c3ccccc3)c(N3CCC4(CC3)OCCO4)c2c1. The summed E-state index contributed by atoms with van der Waals surface area (Å²) in [6.07, 6.45) is 3.05. The number of aromatic nitrogens is 1. The summed E-state index contributed by atoms with van der Waals surface area (Å²) in [6, 6.07) is 14.7. The highest BCUT2D eigenvalue weighted by atomic mass is 32.2. The summed E-state index contributed by atoms with van der Waals surface area (Å²) in [4.78, 5) is 5.96. The Morgan fingerprint density at radius 2 is 1.70 bits per heavy atom. The lowest BCUT2D eigenvalue weighted by molar-refractivity contribution is -0.347. The summed E-state index contributed by atoms with van der Waals surface area (Å²) in [5, 5.41) is 0.913. The molecule has 30 heavy (non-hydrogen) atoms. The van der Waals surface area contributed by atoms with Crippen LogP contribution in [0.15, 0.2) is 64.5 Å². The molecule has 3 heterocycles. The van der Waals surface area contributed by atoms with Crippen molar-refractivity contribution < 1.29 is 22.9 Å². The van der Waals surface area contributed by atoms with Gasteiger partial charge >= 0.3 is 0 Å². The Balaban J connectivity index is 1.65. The number of rotatable bonds is 3. The summed E-state index contributed by atoms with van der Waals surface area (Å²) < 4.78 is 38.9. The van der Waals surface area contributed by atoms with Gasteiger partial charge in [-0.05, 0) is 30.7 Å². The topological polar surface area (TPSA) is 70.0 Å². The van der Waals surface area contributed by atoms with E-state index in [1.807, 2.05) is 25.1 Å². The van der Waals surface area contributed by atoms with Crippen LogP contribution in [0.3, 0.4) is 0 Å². The summed E-state index contributed by atoms with van der Waals surface area (Å²) in [7, 11) is -3.69. The van der Waals surface area contributed by atoms with Crippen molar-refractivity contribution in [2.75, 3.05) is 31.2 Å². The van der Waals surface area contributed by atoms with E-state index in [2.05, 4.69) is 16.0 Å². The number of aryl methyl sites for hydroxylation is 1. The van der Waals surface area contributed by atoms with Crippen molar-refractivity contribution in [2.24, 2.45) is 0 Å². The van der Waals surface area contributed by atoms with Crippen LogP contribution >= 0.6 is 0 Å². The van der Waals surface area contributed by atoms with Crippen molar-refractivity contribution >= 4 is 26.4 Å². The smallest absolute Gasteiger partial charge is 0.214 e. The number of H-pyrrole nitrogens is 1. The number of aromatic amines is 1. The molecule has 1 spiro atoms. The van der Waals surface area contributed by atoms with Crippen LogP contribution in [0.1, 0.15) is 18.4 Å². The first-order chi connectivity index (χ1) is 14.5. The third kappa shape index (κ3) is 3.27. The molecule has 0 bridgehead atoms. The predicted octanol–water partition coefficient (Wildman–Crippen LogP) is 3.14. The van der Waals surface area contributed by atoms with E-state index in [0.29, 0.717) is 48.9 Å². The Hall–Kier alpha value is -2.48. The summed E-state index contributed by atoms with van der Waals surface area (Å²) in [5.74, 6) is -0.512. The molecule has 156 valence electrons. The number of pyridine rings is 1. The first kappa shape index (κ1) is 19.5. The minimum Gasteiger partial charge on any atom is -0.369 e. The lowest BCUT2D eigenvalue weighted by atomic mass is 10.0. The molecule has 0 radical (unpaired) electrons. The van der Waals surface area contributed by atoms with Gasteiger partial charge in [0.2, 0.25) is 15.4 Å². The number of sulfone groups is 1. The number of fused-ring (bicyclic) bond motifs is 1. The van der Waals surface area contributed by atoms with E-state index in [9.17, 15) is 8.42 Å². The lowest BCUT2D eigenvalue weighted by Crippen LogP contribution is -2.45. The van der Waals surface area contributed by atoms with Crippen molar-refractivity contribution in [1.29, 1.82) is 0 Å². The molecule has 2 fully saturated rings. The number of nitrogens with zero attached hydrogens (tertiary/aromatic N) is 1. The van der Waals surface area contributed by atoms with E-state index < -0.39 is 15.6 Å². The van der Waals surface area contributed by atoms with Gasteiger partial charge < -0.3 is 14.4 Å². The molecule has 2 saturated heterocycles. The third-order valence-corrected chi connectivity index (χ3v) is 7.80. The molecule has 2 aliphatic rings. The molecular formula is C23H25N2O4S+. The standard InChI is InChI=1S/C23H24N2O4S/c1-17-7-8-20-19(15-17)22(25-11-9-23(10-12-25)28-13-14-29-23)21(16-24-20)30(26,27)18-5-3-2-4-6-18/h2-8,15-16H,9-14H2,1H3/p+1. The number of ether oxygens (including phenoxy) is 2. The van der Waals surface area contributed by atoms with E-state index >= 15 is 0 Å². The summed E-state index contributed by atoms with van der Waals surface area (Å²) >= 11 is 0. The van der Waals surface area contributed by atoms with Gasteiger partial charge in [0, 0.05) is 32.0 Å². The molecule has 0 unspecified atom stereocenters. The molecule has 3 aromatic rings. The van der Waals surface area contributed by atoms with Crippen LogP contribution in [0.25, 0.3) is 10.9 Å². The Morgan fingerprint density at radius 1 is 1.00 bits per heavy atom. The van der Waals surface area contributed by atoms with Gasteiger partial charge in [0.15, 0.2) is 16.9 Å². The quantitative estimate of drug-likeness (QED) is 0.645. The van der Waals surface area contributed by atoms with Gasteiger partial charge in [-0.15, -0.1) is 0 Å². The second kappa shape index (κ2) is 7.34. The molecule has 1 N–H and O–H groups in total. The van der Waals surface area contributed by atoms with Crippen LogP contribution in [0, 0.1) is 6.92 Å². The number of piperidine rings is 1. The maximum atomic E-state index is 13.6. The van der Waals surface area contributed by atoms with Crippen molar-refractivity contribution in [3.63, 3.8) is 0 Å². The molecule has 6 nitrogen and oxygen atoms in total. The average molecular weight is 426 g/mol. The second-order valence-electron chi connectivity index (χ2n) is 7.96. The predicted molar refractivity (Wildman–Crippen MR) is 113 cm³/mol. The first-order valence-corrected chi connectivity index (χ1v) is 11.7. The molecule has 5 rings (SSSR count). The summed E-state index contributed by atoms with van der Waals surface area (Å²) in [6.45, 7) is 4.61. The molecule has 0 atom stereocenters. The third-order valence-electron chi connectivity index (χ3n) is 6.02. The van der Waals surface area contributed by atoms with E-state index in [-0.39, 0.29) is 0 Å². The van der Waals surface area contributed by atoms with Gasteiger partial charge in [-0.1, -0.05) is 24.3 Å². The molecule has 2 aliphatic heterocycles. The molecule has 0 amide bonds. The maximum Gasteiger partial charge on any atom is 0.214 e. The monoisotopic (exact) mass is 425 g/mol. The minimum absolute atomic E-state index is 0.294. The zero-order chi connectivity index (χ0) is 20.8. The Kier molecular flexibility index (Phi) is 4.76. The fourth-order valence-corrected chi connectivity index (χ4v) is 5.92. The Labute approximate surface area is 176 Å². The van der Waals surface area contributed by atoms with Crippen LogP contribution in [0.2, 0.25) is 0 Å². The fourth-order valence-electron chi connectivity index (χ4n) is 4.44. The number of benzene rings is 2. The molecule has 0 aliphatic carbocycles. The Bertz CT molecular complexity index is 1180. The highest BCUT2D eigenvalue weighted by Gasteiger charge is 2.41. The van der Waals surface area contributed by atoms with Crippen molar-refractivity contribution in [3.8, 4) is 0 Å². The van der Waals surface area contributed by atoms with Crippen LogP contribution in [0.5, 0.6) is 0 Å². The van der Waals surface area contributed by atoms with Crippen molar-refractivity contribution in [3.05, 3.63) is 60.3 Å². The molecular weight excluding hydrogens is 400 g/mol. The summed E-state index contributed by atoms with van der Waals surface area (Å²) in [5.41, 5.74) is 2.75. The van der Waals surface area contributed by atoms with E-state index in [0.717, 1.165) is 22.2 Å². The van der Waals surface area contributed by atoms with Crippen LogP contribution < -0.4 is 9.88 Å². The van der Waals surface area contributed by atoms with Gasteiger partial charge in [-0.25, -0.2) is 13.4 Å². The van der Waals surface area contributed by atoms with Crippen molar-refractivity contribution in [1.82, 2.24) is 0 Å². The molecule has 0 saturated carbocycles. The zero-order valence-corrected chi connectivity index (χ0v) is 17.7. The minimum atomic E-state index is -3.69. The van der Waals surface area contributed by atoms with Crippen molar-refractivity contribution in [2.45, 2.75) is 35.3 Å². The van der Waals surface area contributed by atoms with E-state index in [1.54, 1.807) is 30.5 Å². The number of hydrogen-bond acceptors (Lipinski definition) is 5. The largest absolute Gasteiger partial charge is 0.369 e. The normalized spacial score (nSPS) is 18.9. The van der Waals surface area contributed by atoms with Gasteiger partial charge in [0.05, 0.1) is 29.2 Å². The maximum absolute atomic E-state index is 13.6. The first-order valence-electron chi connectivity index (χ1n) is 10.3. The number of hydrogen-bond donors (Lipinski definition) is 0. The molecule has 2 aromatic carbocycles. The van der Waals surface area contributed by atoms with Gasteiger partial charge in [0.1, 0.15) is 0 Å². The second-order valence-corrected chi connectivity index (χ2v) is 9.88. The molecule has 7 heteroatoms. The average Bonchev–Trinajstić information content (AvgIpc) is 3.22. The molecule has 1 aromatic heterocycles. The lowest BCUT2D eigenvalue weighted by Gasteiger charge is -2.39. The highest BCUT2D eigenvalue weighted by molar-refractivity contribution is 7.91. The highest BCUT2D eigenvalue weighted by Crippen LogP contribution is 2.39.